The van der Waals surface area contributed by atoms with Crippen molar-refractivity contribution in [1.29, 1.82) is 0 Å². The van der Waals surface area contributed by atoms with Gasteiger partial charge in [0.05, 0.1) is 13.2 Å². The molecule has 0 bridgehead atoms. The van der Waals surface area contributed by atoms with Crippen molar-refractivity contribution in [2.24, 2.45) is 5.92 Å². The van der Waals surface area contributed by atoms with Crippen molar-refractivity contribution < 1.29 is 4.74 Å². The summed E-state index contributed by atoms with van der Waals surface area (Å²) in [5.74, 6) is 0.696. The van der Waals surface area contributed by atoms with Gasteiger partial charge in [-0.05, 0) is 29.0 Å². The molecule has 3 heteroatoms. The van der Waals surface area contributed by atoms with Crippen LogP contribution in [-0.4, -0.2) is 49.2 Å². The summed E-state index contributed by atoms with van der Waals surface area (Å²) < 4.78 is 5.49. The summed E-state index contributed by atoms with van der Waals surface area (Å²) in [6.45, 7) is 12.6. The lowest BCUT2D eigenvalue weighted by molar-refractivity contribution is 0.0325. The van der Waals surface area contributed by atoms with Crippen LogP contribution in [0.2, 0.25) is 0 Å². The first kappa shape index (κ1) is 20.1. The van der Waals surface area contributed by atoms with Crippen LogP contribution in [-0.2, 0) is 24.2 Å². The van der Waals surface area contributed by atoms with Crippen molar-refractivity contribution in [3.8, 4) is 0 Å². The monoisotopic (exact) mass is 366 g/mol. The Balaban J connectivity index is 1.64. The summed E-state index contributed by atoms with van der Waals surface area (Å²) in [6, 6.07) is 20.0. The van der Waals surface area contributed by atoms with Gasteiger partial charge in [0, 0.05) is 39.3 Å². The Bertz CT molecular complexity index is 665. The molecule has 27 heavy (non-hydrogen) atoms. The van der Waals surface area contributed by atoms with Crippen LogP contribution in [0.15, 0.2) is 54.6 Å². The first-order valence-corrected chi connectivity index (χ1v) is 10.3. The van der Waals surface area contributed by atoms with Crippen molar-refractivity contribution in [3.05, 3.63) is 71.3 Å². The highest BCUT2D eigenvalue weighted by Crippen LogP contribution is 2.14. The van der Waals surface area contributed by atoms with E-state index in [9.17, 15) is 0 Å². The van der Waals surface area contributed by atoms with Crippen LogP contribution in [0.5, 0.6) is 0 Å². The molecule has 2 aromatic rings. The fourth-order valence-corrected chi connectivity index (χ4v) is 3.75. The van der Waals surface area contributed by atoms with E-state index in [1.807, 2.05) is 0 Å². The molecule has 1 aliphatic rings. The number of benzene rings is 2. The van der Waals surface area contributed by atoms with E-state index < -0.39 is 0 Å². The Labute approximate surface area is 164 Å². The smallest absolute Gasteiger partial charge is 0.0594 e. The van der Waals surface area contributed by atoms with Gasteiger partial charge in [0.1, 0.15) is 0 Å². The van der Waals surface area contributed by atoms with E-state index >= 15 is 0 Å². The molecule has 0 saturated carbocycles. The standard InChI is InChI=1S/C24H34N2O/c1-21(2)17-23-9-6-10-24(18-23)20-26(19-22-7-4-3-5-8-22)12-11-25-13-15-27-16-14-25/h3-10,18,21H,11-17,19-20H2,1-2H3. The molecule has 0 aromatic heterocycles. The van der Waals surface area contributed by atoms with Gasteiger partial charge in [-0.1, -0.05) is 68.4 Å². The molecule has 0 spiro atoms. The van der Waals surface area contributed by atoms with Gasteiger partial charge >= 0.3 is 0 Å². The molecule has 0 aliphatic carbocycles. The molecule has 3 nitrogen and oxygen atoms in total. The second kappa shape index (κ2) is 10.6. The molecule has 1 saturated heterocycles. The van der Waals surface area contributed by atoms with E-state index in [-0.39, 0.29) is 0 Å². The van der Waals surface area contributed by atoms with Crippen LogP contribution < -0.4 is 0 Å². The summed E-state index contributed by atoms with van der Waals surface area (Å²) in [6.07, 6.45) is 1.15. The van der Waals surface area contributed by atoms with Gasteiger partial charge in [-0.15, -0.1) is 0 Å². The molecule has 2 aromatic carbocycles. The molecule has 1 aliphatic heterocycles. The van der Waals surface area contributed by atoms with Crippen LogP contribution in [0, 0.1) is 5.92 Å². The first-order valence-electron chi connectivity index (χ1n) is 10.3. The molecule has 0 N–H and O–H groups in total. The number of rotatable bonds is 9. The first-order chi connectivity index (χ1) is 13.2. The van der Waals surface area contributed by atoms with Crippen molar-refractivity contribution >= 4 is 0 Å². The number of morpholine rings is 1. The van der Waals surface area contributed by atoms with Gasteiger partial charge in [0.2, 0.25) is 0 Å². The predicted octanol–water partition coefficient (Wildman–Crippen LogP) is 4.22. The van der Waals surface area contributed by atoms with Gasteiger partial charge in [0.15, 0.2) is 0 Å². The number of ether oxygens (including phenoxy) is 1. The lowest BCUT2D eigenvalue weighted by Gasteiger charge is -2.30. The van der Waals surface area contributed by atoms with Crippen LogP contribution in [0.25, 0.3) is 0 Å². The van der Waals surface area contributed by atoms with E-state index in [0.717, 1.165) is 58.9 Å². The third-order valence-corrected chi connectivity index (χ3v) is 5.13. The Hall–Kier alpha value is -1.68. The number of hydrogen-bond acceptors (Lipinski definition) is 3. The van der Waals surface area contributed by atoms with Gasteiger partial charge in [-0.3, -0.25) is 9.80 Å². The molecular weight excluding hydrogens is 332 g/mol. The van der Waals surface area contributed by atoms with Crippen molar-refractivity contribution in [1.82, 2.24) is 9.80 Å². The zero-order valence-electron chi connectivity index (χ0n) is 16.9. The predicted molar refractivity (Wildman–Crippen MR) is 113 cm³/mol. The topological polar surface area (TPSA) is 15.7 Å². The van der Waals surface area contributed by atoms with Gasteiger partial charge in [-0.25, -0.2) is 0 Å². The highest BCUT2D eigenvalue weighted by molar-refractivity contribution is 5.24. The summed E-state index contributed by atoms with van der Waals surface area (Å²) >= 11 is 0. The molecule has 1 heterocycles. The SMILES string of the molecule is CC(C)Cc1cccc(CN(CCN2CCOCC2)Cc2ccccc2)c1. The molecule has 3 rings (SSSR count). The second-order valence-electron chi connectivity index (χ2n) is 8.07. The molecule has 0 amide bonds. The minimum Gasteiger partial charge on any atom is -0.379 e. The number of nitrogens with zero attached hydrogens (tertiary/aromatic N) is 2. The summed E-state index contributed by atoms with van der Waals surface area (Å²) in [5.41, 5.74) is 4.26. The zero-order valence-corrected chi connectivity index (χ0v) is 16.9. The highest BCUT2D eigenvalue weighted by atomic mass is 16.5. The zero-order chi connectivity index (χ0) is 18.9. The maximum Gasteiger partial charge on any atom is 0.0594 e. The fourth-order valence-electron chi connectivity index (χ4n) is 3.75. The minimum absolute atomic E-state index is 0.696. The van der Waals surface area contributed by atoms with Crippen LogP contribution in [0.3, 0.4) is 0 Å². The molecule has 1 fully saturated rings. The fraction of sp³-hybridized carbons (Fsp3) is 0.500. The van der Waals surface area contributed by atoms with E-state index in [1.54, 1.807) is 0 Å². The maximum absolute atomic E-state index is 5.49. The van der Waals surface area contributed by atoms with Crippen molar-refractivity contribution in [2.75, 3.05) is 39.4 Å². The van der Waals surface area contributed by atoms with Gasteiger partial charge in [0.25, 0.3) is 0 Å². The molecule has 0 unspecified atom stereocenters. The summed E-state index contributed by atoms with van der Waals surface area (Å²) in [5, 5.41) is 0. The Morgan fingerprint density at radius 3 is 2.30 bits per heavy atom. The van der Waals surface area contributed by atoms with Gasteiger partial charge < -0.3 is 4.74 Å². The Morgan fingerprint density at radius 1 is 0.889 bits per heavy atom. The second-order valence-corrected chi connectivity index (χ2v) is 8.07. The lowest BCUT2D eigenvalue weighted by Crippen LogP contribution is -2.41. The summed E-state index contributed by atoms with van der Waals surface area (Å²) in [7, 11) is 0. The summed E-state index contributed by atoms with van der Waals surface area (Å²) in [4.78, 5) is 5.11. The van der Waals surface area contributed by atoms with Crippen LogP contribution in [0.1, 0.15) is 30.5 Å². The largest absolute Gasteiger partial charge is 0.379 e. The molecule has 0 atom stereocenters. The Morgan fingerprint density at radius 2 is 1.56 bits per heavy atom. The lowest BCUT2D eigenvalue weighted by atomic mass is 10.0. The average Bonchev–Trinajstić information content (AvgIpc) is 2.67. The van der Waals surface area contributed by atoms with Crippen molar-refractivity contribution in [2.45, 2.75) is 33.4 Å². The van der Waals surface area contributed by atoms with E-state index in [1.165, 1.54) is 16.7 Å². The minimum atomic E-state index is 0.696. The Kier molecular flexibility index (Phi) is 7.88. The third kappa shape index (κ3) is 7.10. The van der Waals surface area contributed by atoms with E-state index in [0.29, 0.717) is 5.92 Å². The maximum atomic E-state index is 5.49. The van der Waals surface area contributed by atoms with Gasteiger partial charge in [-0.2, -0.15) is 0 Å². The molecular formula is C24H34N2O. The van der Waals surface area contributed by atoms with Crippen LogP contribution in [0.4, 0.5) is 0 Å². The normalized spacial score (nSPS) is 15.6. The average molecular weight is 367 g/mol. The highest BCUT2D eigenvalue weighted by Gasteiger charge is 2.13. The quantitative estimate of drug-likeness (QED) is 0.661. The van der Waals surface area contributed by atoms with E-state index in [2.05, 4.69) is 78.2 Å². The number of hydrogen-bond donors (Lipinski definition) is 0. The van der Waals surface area contributed by atoms with E-state index in [4.69, 9.17) is 4.74 Å². The molecule has 146 valence electrons. The van der Waals surface area contributed by atoms with Crippen molar-refractivity contribution in [3.63, 3.8) is 0 Å². The molecule has 0 radical (unpaired) electrons. The third-order valence-electron chi connectivity index (χ3n) is 5.13. The van der Waals surface area contributed by atoms with Crippen LogP contribution >= 0.6 is 0 Å².